The minimum atomic E-state index is 0.801. The molecule has 0 saturated carbocycles. The largest absolute Gasteiger partial charge is 0.384 e. The van der Waals surface area contributed by atoms with Gasteiger partial charge >= 0.3 is 0 Å². The van der Waals surface area contributed by atoms with Gasteiger partial charge < -0.3 is 5.32 Å². The van der Waals surface area contributed by atoms with Crippen LogP contribution < -0.4 is 5.32 Å². The third-order valence-electron chi connectivity index (χ3n) is 2.98. The fourth-order valence-electron chi connectivity index (χ4n) is 1.95. The Bertz CT molecular complexity index is 513. The average Bonchev–Trinajstić information content (AvgIpc) is 2.42. The summed E-state index contributed by atoms with van der Waals surface area (Å²) in [6, 6.07) is 16.7. The van der Waals surface area contributed by atoms with Crippen LogP contribution in [0, 0.1) is 3.57 Å². The highest BCUT2D eigenvalue weighted by molar-refractivity contribution is 14.1. The standard InChI is InChI=1S/C16H17ClIN/c17-15-12-14(18)9-10-16(15)19-11-5-4-8-13-6-2-1-3-7-13/h1-3,6-7,9-10,12,19H,4-5,8,11H2. The van der Waals surface area contributed by atoms with Crippen molar-refractivity contribution < 1.29 is 0 Å². The molecule has 2 aromatic carbocycles. The Kier molecular flexibility index (Phi) is 5.98. The van der Waals surface area contributed by atoms with E-state index in [9.17, 15) is 0 Å². The zero-order chi connectivity index (χ0) is 13.5. The van der Waals surface area contributed by atoms with E-state index in [0.717, 1.165) is 33.7 Å². The Balaban J connectivity index is 1.69. The molecule has 0 aromatic heterocycles. The number of hydrogen-bond donors (Lipinski definition) is 1. The number of anilines is 1. The summed E-state index contributed by atoms with van der Waals surface area (Å²) in [7, 11) is 0. The van der Waals surface area contributed by atoms with Gasteiger partial charge in [-0.05, 0) is 65.6 Å². The summed E-state index contributed by atoms with van der Waals surface area (Å²) in [5.41, 5.74) is 2.44. The van der Waals surface area contributed by atoms with Gasteiger partial charge in [0.05, 0.1) is 10.7 Å². The SMILES string of the molecule is Clc1cc(I)ccc1NCCCCc1ccccc1. The smallest absolute Gasteiger partial charge is 0.0648 e. The fraction of sp³-hybridized carbons (Fsp3) is 0.250. The number of nitrogens with one attached hydrogen (secondary N) is 1. The maximum atomic E-state index is 6.17. The molecule has 0 unspecified atom stereocenters. The molecule has 0 aliphatic carbocycles. The van der Waals surface area contributed by atoms with Gasteiger partial charge in [0.15, 0.2) is 0 Å². The maximum absolute atomic E-state index is 6.17. The molecule has 0 saturated heterocycles. The molecule has 3 heteroatoms. The highest BCUT2D eigenvalue weighted by atomic mass is 127. The first-order chi connectivity index (χ1) is 9.25. The number of unbranched alkanes of at least 4 members (excludes halogenated alkanes) is 1. The van der Waals surface area contributed by atoms with E-state index in [2.05, 4.69) is 64.3 Å². The molecule has 0 spiro atoms. The third-order valence-corrected chi connectivity index (χ3v) is 3.97. The second-order valence-electron chi connectivity index (χ2n) is 4.49. The van der Waals surface area contributed by atoms with Crippen LogP contribution in [0.4, 0.5) is 5.69 Å². The lowest BCUT2D eigenvalue weighted by Gasteiger charge is -2.08. The number of rotatable bonds is 6. The molecule has 0 aliphatic rings. The van der Waals surface area contributed by atoms with Crippen molar-refractivity contribution in [1.82, 2.24) is 0 Å². The number of halogens is 2. The topological polar surface area (TPSA) is 12.0 Å². The predicted octanol–water partition coefficient (Wildman–Crippen LogP) is 5.38. The first kappa shape index (κ1) is 14.7. The van der Waals surface area contributed by atoms with E-state index in [1.165, 1.54) is 12.0 Å². The van der Waals surface area contributed by atoms with Crippen LogP contribution in [0.15, 0.2) is 48.5 Å². The molecular formula is C16H17ClIN. The lowest BCUT2D eigenvalue weighted by Crippen LogP contribution is -2.02. The van der Waals surface area contributed by atoms with Crippen LogP contribution in [-0.4, -0.2) is 6.54 Å². The Morgan fingerprint density at radius 2 is 1.79 bits per heavy atom. The normalized spacial score (nSPS) is 10.4. The third kappa shape index (κ3) is 5.03. The summed E-state index contributed by atoms with van der Waals surface area (Å²) in [4.78, 5) is 0. The average molecular weight is 386 g/mol. The van der Waals surface area contributed by atoms with E-state index >= 15 is 0 Å². The van der Waals surface area contributed by atoms with E-state index in [4.69, 9.17) is 11.6 Å². The van der Waals surface area contributed by atoms with Gasteiger partial charge in [-0.2, -0.15) is 0 Å². The van der Waals surface area contributed by atoms with Crippen molar-refractivity contribution in [3.63, 3.8) is 0 Å². The molecule has 2 rings (SSSR count). The highest BCUT2D eigenvalue weighted by Crippen LogP contribution is 2.23. The van der Waals surface area contributed by atoms with E-state index < -0.39 is 0 Å². The second-order valence-corrected chi connectivity index (χ2v) is 6.15. The Hall–Kier alpha value is -0.740. The molecule has 0 aliphatic heterocycles. The van der Waals surface area contributed by atoms with Gasteiger partial charge in [0.25, 0.3) is 0 Å². The van der Waals surface area contributed by atoms with E-state index in [1.807, 2.05) is 12.1 Å². The summed E-state index contributed by atoms with van der Waals surface area (Å²) in [5, 5.41) is 4.19. The molecule has 1 N–H and O–H groups in total. The quantitative estimate of drug-likeness (QED) is 0.520. The Morgan fingerprint density at radius 1 is 1.00 bits per heavy atom. The van der Waals surface area contributed by atoms with Gasteiger partial charge in [-0.1, -0.05) is 41.9 Å². The van der Waals surface area contributed by atoms with Crippen LogP contribution in [0.1, 0.15) is 18.4 Å². The molecule has 0 bridgehead atoms. The van der Waals surface area contributed by atoms with Crippen LogP contribution in [0.25, 0.3) is 0 Å². The Morgan fingerprint density at radius 3 is 2.53 bits per heavy atom. The van der Waals surface area contributed by atoms with Crippen molar-refractivity contribution in [3.05, 3.63) is 62.7 Å². The molecule has 19 heavy (non-hydrogen) atoms. The van der Waals surface area contributed by atoms with Gasteiger partial charge in [-0.25, -0.2) is 0 Å². The van der Waals surface area contributed by atoms with Crippen molar-refractivity contribution >= 4 is 39.9 Å². The van der Waals surface area contributed by atoms with Crippen LogP contribution in [-0.2, 0) is 6.42 Å². The zero-order valence-corrected chi connectivity index (χ0v) is 13.6. The van der Waals surface area contributed by atoms with Crippen LogP contribution in [0.2, 0.25) is 5.02 Å². The lowest BCUT2D eigenvalue weighted by molar-refractivity contribution is 0.763. The van der Waals surface area contributed by atoms with E-state index in [0.29, 0.717) is 0 Å². The van der Waals surface area contributed by atoms with Crippen molar-refractivity contribution in [3.8, 4) is 0 Å². The summed E-state index contributed by atoms with van der Waals surface area (Å²) in [6.07, 6.45) is 3.49. The van der Waals surface area contributed by atoms with E-state index in [1.54, 1.807) is 0 Å². The van der Waals surface area contributed by atoms with Crippen LogP contribution >= 0.6 is 34.2 Å². The van der Waals surface area contributed by atoms with Crippen molar-refractivity contribution in [2.45, 2.75) is 19.3 Å². The highest BCUT2D eigenvalue weighted by Gasteiger charge is 1.99. The fourth-order valence-corrected chi connectivity index (χ4v) is 2.88. The van der Waals surface area contributed by atoms with Gasteiger partial charge in [-0.15, -0.1) is 0 Å². The number of hydrogen-bond acceptors (Lipinski definition) is 1. The first-order valence-electron chi connectivity index (χ1n) is 6.48. The second kappa shape index (κ2) is 7.75. The van der Waals surface area contributed by atoms with Crippen LogP contribution in [0.5, 0.6) is 0 Å². The van der Waals surface area contributed by atoms with E-state index in [-0.39, 0.29) is 0 Å². The number of aryl methyl sites for hydroxylation is 1. The molecule has 0 fully saturated rings. The van der Waals surface area contributed by atoms with Crippen molar-refractivity contribution in [2.24, 2.45) is 0 Å². The summed E-state index contributed by atoms with van der Waals surface area (Å²) >= 11 is 8.44. The molecule has 0 atom stereocenters. The molecule has 2 aromatic rings. The molecule has 0 amide bonds. The predicted molar refractivity (Wildman–Crippen MR) is 92.0 cm³/mol. The maximum Gasteiger partial charge on any atom is 0.0648 e. The monoisotopic (exact) mass is 385 g/mol. The minimum absolute atomic E-state index is 0.801. The first-order valence-corrected chi connectivity index (χ1v) is 7.94. The molecule has 0 radical (unpaired) electrons. The van der Waals surface area contributed by atoms with Gasteiger partial charge in [-0.3, -0.25) is 0 Å². The van der Waals surface area contributed by atoms with Crippen molar-refractivity contribution in [1.29, 1.82) is 0 Å². The summed E-state index contributed by atoms with van der Waals surface area (Å²) < 4.78 is 1.16. The zero-order valence-electron chi connectivity index (χ0n) is 10.7. The number of benzene rings is 2. The molecule has 0 heterocycles. The Labute approximate surface area is 133 Å². The molecule has 1 nitrogen and oxygen atoms in total. The summed E-state index contributed by atoms with van der Waals surface area (Å²) in [6.45, 7) is 0.965. The summed E-state index contributed by atoms with van der Waals surface area (Å²) in [5.74, 6) is 0. The van der Waals surface area contributed by atoms with Crippen molar-refractivity contribution in [2.75, 3.05) is 11.9 Å². The van der Waals surface area contributed by atoms with Crippen LogP contribution in [0.3, 0.4) is 0 Å². The molecule has 100 valence electrons. The lowest BCUT2D eigenvalue weighted by atomic mass is 10.1. The van der Waals surface area contributed by atoms with Gasteiger partial charge in [0.2, 0.25) is 0 Å². The van der Waals surface area contributed by atoms with Gasteiger partial charge in [0.1, 0.15) is 0 Å². The molecular weight excluding hydrogens is 369 g/mol. The minimum Gasteiger partial charge on any atom is -0.384 e. The van der Waals surface area contributed by atoms with Gasteiger partial charge in [0, 0.05) is 10.1 Å².